The summed E-state index contributed by atoms with van der Waals surface area (Å²) in [5.74, 6) is 3.65. The third kappa shape index (κ3) is 8.45. The molecule has 0 nitrogen and oxygen atoms in total. The highest BCUT2D eigenvalue weighted by molar-refractivity contribution is 8.21. The monoisotopic (exact) mass is 268 g/mol. The molecule has 84 valence electrons. The van der Waals surface area contributed by atoms with Gasteiger partial charge in [0.1, 0.15) is 0 Å². The summed E-state index contributed by atoms with van der Waals surface area (Å²) in [5.41, 5.74) is 0. The summed E-state index contributed by atoms with van der Waals surface area (Å²) in [7, 11) is 0. The molecule has 0 saturated carbocycles. The topological polar surface area (TPSA) is 0 Å². The van der Waals surface area contributed by atoms with E-state index in [2.05, 4.69) is 53.0 Å². The zero-order valence-electron chi connectivity index (χ0n) is 9.28. The molecule has 0 aromatic rings. The predicted octanol–water partition coefficient (Wildman–Crippen LogP) is 4.75. The van der Waals surface area contributed by atoms with E-state index in [0.717, 1.165) is 20.0 Å². The lowest BCUT2D eigenvalue weighted by Gasteiger charge is -2.08. The number of rotatable bonds is 6. The molecule has 4 heteroatoms. The molecule has 0 unspecified atom stereocenters. The third-order valence-corrected chi connectivity index (χ3v) is 5.74. The van der Waals surface area contributed by atoms with Gasteiger partial charge in [-0.3, -0.25) is 0 Å². The van der Waals surface area contributed by atoms with E-state index < -0.39 is 0 Å². The lowest BCUT2D eigenvalue weighted by molar-refractivity contribution is 0.751. The van der Waals surface area contributed by atoms with Crippen LogP contribution in [0.2, 0.25) is 0 Å². The van der Waals surface area contributed by atoms with Crippen molar-refractivity contribution in [3.63, 3.8) is 0 Å². The van der Waals surface area contributed by atoms with Gasteiger partial charge in [0.25, 0.3) is 0 Å². The second-order valence-corrected chi connectivity index (χ2v) is 7.58. The molecule has 0 aliphatic carbocycles. The molecule has 0 atom stereocenters. The Kier molecular flexibility index (Phi) is 8.99. The highest BCUT2D eigenvalue weighted by atomic mass is 32.2. The van der Waals surface area contributed by atoms with Crippen LogP contribution in [0.15, 0.2) is 8.47 Å². The van der Waals surface area contributed by atoms with Gasteiger partial charge in [-0.05, 0) is 11.8 Å². The zero-order chi connectivity index (χ0) is 11.1. The first-order valence-electron chi connectivity index (χ1n) is 4.81. The predicted molar refractivity (Wildman–Crippen MR) is 79.6 cm³/mol. The van der Waals surface area contributed by atoms with E-state index in [-0.39, 0.29) is 0 Å². The zero-order valence-corrected chi connectivity index (χ0v) is 12.7. The largest absolute Gasteiger partial charge is 0.135 e. The molecule has 14 heavy (non-hydrogen) atoms. The first-order chi connectivity index (χ1) is 6.43. The summed E-state index contributed by atoms with van der Waals surface area (Å²) in [4.78, 5) is 0. The summed E-state index contributed by atoms with van der Waals surface area (Å²) in [6.45, 7) is 8.86. The van der Waals surface area contributed by atoms with E-state index in [1.165, 1.54) is 0 Å². The van der Waals surface area contributed by atoms with Gasteiger partial charge < -0.3 is 0 Å². The Morgan fingerprint density at radius 1 is 0.857 bits per heavy atom. The van der Waals surface area contributed by atoms with E-state index in [4.69, 9.17) is 0 Å². The number of hydrogen-bond acceptors (Lipinski definition) is 4. The maximum atomic E-state index is 4.45. The van der Waals surface area contributed by atoms with Crippen molar-refractivity contribution in [1.82, 2.24) is 0 Å². The fraction of sp³-hybridized carbons (Fsp3) is 0.800. The van der Waals surface area contributed by atoms with Crippen molar-refractivity contribution in [1.29, 1.82) is 0 Å². The Hall–Kier alpha value is 1.14. The maximum Gasteiger partial charge on any atom is 0.0569 e. The molecule has 0 N–H and O–H groups in total. The molecule has 0 radical (unpaired) electrons. The number of thioether (sulfide) groups is 2. The molecule has 0 aliphatic heterocycles. The van der Waals surface area contributed by atoms with Crippen molar-refractivity contribution in [3.05, 3.63) is 8.47 Å². The van der Waals surface area contributed by atoms with Crippen LogP contribution in [0.1, 0.15) is 27.7 Å². The minimum atomic E-state index is 0.707. The van der Waals surface area contributed by atoms with E-state index in [1.54, 1.807) is 23.5 Å². The van der Waals surface area contributed by atoms with Crippen LogP contribution in [0, 0.1) is 11.8 Å². The standard InChI is InChI=1S/C10H20S4/c1-7(2)5-13-9(11)10(12)14-6-8(3)4/h7-8,11-12H,5-6H2,1-4H3/b10-9-. The van der Waals surface area contributed by atoms with Crippen LogP contribution in [0.3, 0.4) is 0 Å². The van der Waals surface area contributed by atoms with Gasteiger partial charge in [-0.1, -0.05) is 27.7 Å². The van der Waals surface area contributed by atoms with Gasteiger partial charge in [-0.15, -0.1) is 48.8 Å². The Bertz CT molecular complexity index is 165. The number of hydrogen-bond donors (Lipinski definition) is 2. The van der Waals surface area contributed by atoms with Crippen molar-refractivity contribution in [2.24, 2.45) is 11.8 Å². The molecule has 0 fully saturated rings. The van der Waals surface area contributed by atoms with Crippen LogP contribution in [-0.4, -0.2) is 11.5 Å². The minimum Gasteiger partial charge on any atom is -0.135 e. The SMILES string of the molecule is CC(C)CS/C(S)=C(/S)SCC(C)C. The van der Waals surface area contributed by atoms with Gasteiger partial charge in [0.05, 0.1) is 8.47 Å². The first kappa shape index (κ1) is 15.1. The van der Waals surface area contributed by atoms with Gasteiger partial charge in [0.2, 0.25) is 0 Å². The second-order valence-electron chi connectivity index (χ2n) is 4.02. The molecule has 0 bridgehead atoms. The van der Waals surface area contributed by atoms with Gasteiger partial charge in [0, 0.05) is 11.5 Å². The maximum absolute atomic E-state index is 4.45. The highest BCUT2D eigenvalue weighted by Crippen LogP contribution is 2.34. The average Bonchev–Trinajstić information content (AvgIpc) is 2.09. The first-order valence-corrected chi connectivity index (χ1v) is 7.67. The molecule has 0 aliphatic rings. The Morgan fingerprint density at radius 3 is 1.36 bits per heavy atom. The molecule has 0 amide bonds. The average molecular weight is 269 g/mol. The van der Waals surface area contributed by atoms with Crippen LogP contribution in [0.5, 0.6) is 0 Å². The Morgan fingerprint density at radius 2 is 1.14 bits per heavy atom. The fourth-order valence-electron chi connectivity index (χ4n) is 0.615. The summed E-state index contributed by atoms with van der Waals surface area (Å²) >= 11 is 12.5. The second kappa shape index (κ2) is 8.31. The molecule has 0 spiro atoms. The van der Waals surface area contributed by atoms with Gasteiger partial charge in [-0.25, -0.2) is 0 Å². The molecule has 0 aromatic heterocycles. The quantitative estimate of drug-likeness (QED) is 0.667. The Labute approximate surface area is 108 Å². The van der Waals surface area contributed by atoms with Crippen molar-refractivity contribution >= 4 is 48.8 Å². The number of thiol groups is 2. The van der Waals surface area contributed by atoms with Crippen molar-refractivity contribution in [2.45, 2.75) is 27.7 Å². The van der Waals surface area contributed by atoms with Crippen LogP contribution in [0.4, 0.5) is 0 Å². The van der Waals surface area contributed by atoms with Crippen molar-refractivity contribution in [2.75, 3.05) is 11.5 Å². The van der Waals surface area contributed by atoms with Crippen LogP contribution >= 0.6 is 48.8 Å². The Balaban J connectivity index is 3.89. The molecular weight excluding hydrogens is 248 g/mol. The van der Waals surface area contributed by atoms with E-state index in [9.17, 15) is 0 Å². The molecule has 0 aromatic carbocycles. The van der Waals surface area contributed by atoms with Crippen molar-refractivity contribution in [3.8, 4) is 0 Å². The lowest BCUT2D eigenvalue weighted by Crippen LogP contribution is -1.91. The van der Waals surface area contributed by atoms with E-state index in [1.807, 2.05) is 0 Å². The van der Waals surface area contributed by atoms with E-state index in [0.29, 0.717) is 11.8 Å². The van der Waals surface area contributed by atoms with Gasteiger partial charge >= 0.3 is 0 Å². The van der Waals surface area contributed by atoms with Gasteiger partial charge in [0.15, 0.2) is 0 Å². The fourth-order valence-corrected chi connectivity index (χ4v) is 3.03. The molecule has 0 saturated heterocycles. The third-order valence-electron chi connectivity index (χ3n) is 1.29. The summed E-state index contributed by atoms with van der Waals surface area (Å²) in [6, 6.07) is 0. The molecule has 0 rings (SSSR count). The van der Waals surface area contributed by atoms with Crippen LogP contribution in [-0.2, 0) is 0 Å². The summed E-state index contributed by atoms with van der Waals surface area (Å²) < 4.78 is 2.13. The van der Waals surface area contributed by atoms with Crippen LogP contribution < -0.4 is 0 Å². The summed E-state index contributed by atoms with van der Waals surface area (Å²) in [5, 5.41) is 0. The van der Waals surface area contributed by atoms with Crippen LogP contribution in [0.25, 0.3) is 0 Å². The minimum absolute atomic E-state index is 0.707. The highest BCUT2D eigenvalue weighted by Gasteiger charge is 2.03. The smallest absolute Gasteiger partial charge is 0.0569 e. The van der Waals surface area contributed by atoms with Crippen molar-refractivity contribution < 1.29 is 0 Å². The van der Waals surface area contributed by atoms with Gasteiger partial charge in [-0.2, -0.15) is 0 Å². The normalized spacial score (nSPS) is 13.7. The van der Waals surface area contributed by atoms with E-state index >= 15 is 0 Å². The molecule has 0 heterocycles. The summed E-state index contributed by atoms with van der Waals surface area (Å²) in [6.07, 6.45) is 0. The lowest BCUT2D eigenvalue weighted by atomic mass is 10.3. The molecular formula is C10H20S4.